The van der Waals surface area contributed by atoms with Gasteiger partial charge in [0.15, 0.2) is 4.87 Å². The number of carbonyl (C=O) groups is 2. The molecular formula is C20H19N2O5+. The van der Waals surface area contributed by atoms with E-state index < -0.39 is 11.9 Å². The van der Waals surface area contributed by atoms with E-state index in [2.05, 4.69) is 5.43 Å². The van der Waals surface area contributed by atoms with Gasteiger partial charge in [0.1, 0.15) is 5.69 Å². The molecule has 0 aliphatic heterocycles. The Balaban J connectivity index is 2.07. The third-order valence-electron chi connectivity index (χ3n) is 3.71. The molecule has 0 heterocycles. The summed E-state index contributed by atoms with van der Waals surface area (Å²) < 4.78 is 0. The molecule has 7 nitrogen and oxygen atoms in total. The number of nitrogens with one attached hydrogen (secondary N) is 1. The predicted octanol–water partition coefficient (Wildman–Crippen LogP) is 4.10. The normalized spacial score (nSPS) is 11.8. The summed E-state index contributed by atoms with van der Waals surface area (Å²) in [6, 6.07) is 13.2. The first-order valence-corrected chi connectivity index (χ1v) is 8.03. The van der Waals surface area contributed by atoms with E-state index in [9.17, 15) is 14.5 Å². The van der Waals surface area contributed by atoms with Crippen molar-refractivity contribution in [2.45, 2.75) is 13.8 Å². The summed E-state index contributed by atoms with van der Waals surface area (Å²) in [5.41, 5.74) is 5.37. The summed E-state index contributed by atoms with van der Waals surface area (Å²) in [7, 11) is 0. The Morgan fingerprint density at radius 1 is 0.815 bits per heavy atom. The highest BCUT2D eigenvalue weighted by atomic mass is 16.4. The van der Waals surface area contributed by atoms with Gasteiger partial charge >= 0.3 is 11.9 Å². The van der Waals surface area contributed by atoms with Crippen LogP contribution in [0.2, 0.25) is 0 Å². The van der Waals surface area contributed by atoms with Gasteiger partial charge in [0.25, 0.3) is 5.69 Å². The molecule has 0 radical (unpaired) electrons. The summed E-state index contributed by atoms with van der Waals surface area (Å²) >= 11 is 0. The maximum absolute atomic E-state index is 12.2. The van der Waals surface area contributed by atoms with Crippen LogP contribution in [0.15, 0.2) is 59.7 Å². The van der Waals surface area contributed by atoms with Crippen molar-refractivity contribution in [3.63, 3.8) is 0 Å². The summed E-state index contributed by atoms with van der Waals surface area (Å²) in [4.78, 5) is 34.5. The van der Waals surface area contributed by atoms with Crippen LogP contribution in [0.3, 0.4) is 0 Å². The number of carboxylic acids is 2. The Labute approximate surface area is 155 Å². The van der Waals surface area contributed by atoms with Crippen LogP contribution < -0.4 is 5.43 Å². The molecule has 27 heavy (non-hydrogen) atoms. The fraction of sp³-hybridized carbons (Fsp3) is 0.100. The van der Waals surface area contributed by atoms with Gasteiger partial charge in [-0.25, -0.2) is 9.59 Å². The van der Waals surface area contributed by atoms with E-state index in [-0.39, 0.29) is 11.1 Å². The van der Waals surface area contributed by atoms with E-state index in [0.717, 1.165) is 0 Å². The first-order valence-electron chi connectivity index (χ1n) is 8.03. The Kier molecular flexibility index (Phi) is 6.22. The Morgan fingerprint density at radius 3 is 1.63 bits per heavy atom. The molecule has 0 fully saturated rings. The minimum absolute atomic E-state index is 0.201. The Bertz CT molecular complexity index is 926. The first-order chi connectivity index (χ1) is 12.8. The van der Waals surface area contributed by atoms with E-state index in [4.69, 9.17) is 10.2 Å². The van der Waals surface area contributed by atoms with Gasteiger partial charge in [-0.05, 0) is 61.4 Å². The SMILES string of the molecule is C/C(=C\c1ccc(N[N+](=O)c2ccc(/C=C(\C)C(=O)O)cc2)cc1)C(=O)O. The van der Waals surface area contributed by atoms with Crippen LogP contribution in [0.5, 0.6) is 0 Å². The molecule has 0 saturated heterocycles. The van der Waals surface area contributed by atoms with Gasteiger partial charge in [-0.1, -0.05) is 12.1 Å². The monoisotopic (exact) mass is 367 g/mol. The van der Waals surface area contributed by atoms with Crippen molar-refractivity contribution in [1.29, 1.82) is 0 Å². The maximum atomic E-state index is 12.2. The molecule has 0 saturated carbocycles. The highest BCUT2D eigenvalue weighted by Crippen LogP contribution is 2.18. The minimum Gasteiger partial charge on any atom is -0.478 e. The second kappa shape index (κ2) is 8.57. The van der Waals surface area contributed by atoms with E-state index in [1.54, 1.807) is 48.5 Å². The molecule has 0 aliphatic rings. The van der Waals surface area contributed by atoms with E-state index >= 15 is 0 Å². The summed E-state index contributed by atoms with van der Waals surface area (Å²) in [6.07, 6.45) is 3.05. The van der Waals surface area contributed by atoms with Crippen molar-refractivity contribution in [3.8, 4) is 0 Å². The zero-order chi connectivity index (χ0) is 20.0. The minimum atomic E-state index is -0.997. The van der Waals surface area contributed by atoms with Crippen LogP contribution in [-0.2, 0) is 9.59 Å². The van der Waals surface area contributed by atoms with Crippen molar-refractivity contribution in [1.82, 2.24) is 0 Å². The number of carboxylic acid groups (broad SMARTS) is 2. The largest absolute Gasteiger partial charge is 0.478 e. The number of nitrogens with zero attached hydrogens (tertiary/aromatic N) is 1. The molecular weight excluding hydrogens is 348 g/mol. The van der Waals surface area contributed by atoms with Crippen LogP contribution in [-0.4, -0.2) is 27.0 Å². The number of hydrogen-bond acceptors (Lipinski definition) is 3. The van der Waals surface area contributed by atoms with Crippen LogP contribution >= 0.6 is 0 Å². The number of benzene rings is 2. The lowest BCUT2D eigenvalue weighted by molar-refractivity contribution is -0.427. The first kappa shape index (κ1) is 19.6. The van der Waals surface area contributed by atoms with E-state index in [1.807, 2.05) is 0 Å². The molecule has 0 atom stereocenters. The molecule has 2 aromatic carbocycles. The van der Waals surface area contributed by atoms with E-state index in [1.165, 1.54) is 26.0 Å². The predicted molar refractivity (Wildman–Crippen MR) is 102 cm³/mol. The molecule has 3 N–H and O–H groups in total. The third-order valence-corrected chi connectivity index (χ3v) is 3.71. The van der Waals surface area contributed by atoms with Gasteiger partial charge in [0.05, 0.1) is 4.91 Å². The molecule has 2 aromatic rings. The number of rotatable bonds is 7. The van der Waals surface area contributed by atoms with Crippen molar-refractivity contribution in [3.05, 3.63) is 75.7 Å². The molecule has 0 bridgehead atoms. The lowest BCUT2D eigenvalue weighted by Crippen LogP contribution is -2.10. The van der Waals surface area contributed by atoms with Crippen LogP contribution in [0.25, 0.3) is 12.2 Å². The number of hydrogen-bond donors (Lipinski definition) is 3. The lowest BCUT2D eigenvalue weighted by Gasteiger charge is -2.00. The van der Waals surface area contributed by atoms with Crippen molar-refractivity contribution in [2.75, 3.05) is 5.43 Å². The molecule has 0 aromatic heterocycles. The molecule has 2 rings (SSSR count). The summed E-state index contributed by atoms with van der Waals surface area (Å²) in [6.45, 7) is 3.00. The van der Waals surface area contributed by atoms with Gasteiger partial charge in [0.2, 0.25) is 0 Å². The smallest absolute Gasteiger partial charge is 0.331 e. The number of nitroso groups, excluding NO2 is 1. The topological polar surface area (TPSA) is 107 Å². The van der Waals surface area contributed by atoms with E-state index in [0.29, 0.717) is 27.4 Å². The molecule has 7 heteroatoms. The molecule has 0 unspecified atom stereocenters. The highest BCUT2D eigenvalue weighted by molar-refractivity contribution is 5.92. The second-order valence-electron chi connectivity index (χ2n) is 5.88. The summed E-state index contributed by atoms with van der Waals surface area (Å²) in [5.74, 6) is -1.98. The second-order valence-corrected chi connectivity index (χ2v) is 5.88. The molecule has 138 valence electrons. The highest BCUT2D eigenvalue weighted by Gasteiger charge is 2.14. The molecule has 0 spiro atoms. The standard InChI is InChI=1S/C20H18N2O5/c1-13(19(23)24)11-15-3-7-17(8-4-15)21-22(27)18-9-5-16(6-10-18)12-14(2)20(25)26/h3-12H,1-2H3,(H2-,21,23,24,25,26,27)/p+1/b13-11+,14-12+. The maximum Gasteiger partial charge on any atom is 0.331 e. The van der Waals surface area contributed by atoms with Gasteiger partial charge in [0, 0.05) is 23.3 Å². The third kappa shape index (κ3) is 5.64. The van der Waals surface area contributed by atoms with Crippen molar-refractivity contribution >= 4 is 35.5 Å². The van der Waals surface area contributed by atoms with Crippen molar-refractivity contribution < 1.29 is 24.7 Å². The number of aliphatic carboxylic acids is 2. The quantitative estimate of drug-likeness (QED) is 0.386. The number of hydrazine groups is 1. The Hall–Kier alpha value is -3.74. The molecule has 0 aliphatic carbocycles. The lowest BCUT2D eigenvalue weighted by atomic mass is 10.1. The molecule has 0 amide bonds. The van der Waals surface area contributed by atoms with Gasteiger partial charge < -0.3 is 10.2 Å². The van der Waals surface area contributed by atoms with Crippen LogP contribution in [0.1, 0.15) is 25.0 Å². The van der Waals surface area contributed by atoms with Gasteiger partial charge in [-0.3, -0.25) is 0 Å². The van der Waals surface area contributed by atoms with Gasteiger partial charge in [-0.15, -0.1) is 5.43 Å². The Morgan fingerprint density at radius 2 is 1.22 bits per heavy atom. The fourth-order valence-electron chi connectivity index (χ4n) is 2.17. The van der Waals surface area contributed by atoms with Gasteiger partial charge in [-0.2, -0.15) is 0 Å². The van der Waals surface area contributed by atoms with Crippen LogP contribution in [0.4, 0.5) is 11.4 Å². The summed E-state index contributed by atoms with van der Waals surface area (Å²) in [5, 5.41) is 17.8. The number of anilines is 1. The fourth-order valence-corrected chi connectivity index (χ4v) is 2.17. The van der Waals surface area contributed by atoms with Crippen molar-refractivity contribution in [2.24, 2.45) is 0 Å². The zero-order valence-corrected chi connectivity index (χ0v) is 14.8. The van der Waals surface area contributed by atoms with Crippen LogP contribution in [0, 0.1) is 4.91 Å². The zero-order valence-electron chi connectivity index (χ0n) is 14.8. The average Bonchev–Trinajstić information content (AvgIpc) is 2.63. The average molecular weight is 367 g/mol.